The molecule has 1 N–H and O–H groups in total. The van der Waals surface area contributed by atoms with Gasteiger partial charge in [-0.05, 0) is 73.6 Å². The van der Waals surface area contributed by atoms with E-state index in [0.717, 1.165) is 24.2 Å². The van der Waals surface area contributed by atoms with Crippen molar-refractivity contribution in [2.45, 2.75) is 32.6 Å². The summed E-state index contributed by atoms with van der Waals surface area (Å²) in [5.74, 6) is 0.445. The second-order valence-electron chi connectivity index (χ2n) is 6.17. The van der Waals surface area contributed by atoms with E-state index in [9.17, 15) is 4.79 Å². The number of fused-ring (bicyclic) bond motifs is 1. The summed E-state index contributed by atoms with van der Waals surface area (Å²) in [4.78, 5) is 11.9. The maximum absolute atomic E-state index is 11.9. The lowest BCUT2D eigenvalue weighted by Gasteiger charge is -2.16. The lowest BCUT2D eigenvalue weighted by molar-refractivity contribution is -0.123. The molecular weight excluding hydrogens is 336 g/mol. The van der Waals surface area contributed by atoms with Crippen molar-refractivity contribution in [1.82, 2.24) is 5.43 Å². The third-order valence-corrected chi connectivity index (χ3v) is 4.55. The van der Waals surface area contributed by atoms with Gasteiger partial charge in [0.1, 0.15) is 5.75 Å². The highest BCUT2D eigenvalue weighted by Crippen LogP contribution is 2.25. The van der Waals surface area contributed by atoms with Crippen molar-refractivity contribution in [3.05, 3.63) is 64.2 Å². The predicted molar refractivity (Wildman–Crippen MR) is 100 cm³/mol. The van der Waals surface area contributed by atoms with Crippen molar-refractivity contribution in [2.75, 3.05) is 6.61 Å². The monoisotopic (exact) mass is 356 g/mol. The van der Waals surface area contributed by atoms with Crippen LogP contribution in [0.1, 0.15) is 36.5 Å². The molecule has 0 heterocycles. The van der Waals surface area contributed by atoms with Crippen LogP contribution in [0.25, 0.3) is 0 Å². The minimum absolute atomic E-state index is 0.0593. The Kier molecular flexibility index (Phi) is 5.71. The van der Waals surface area contributed by atoms with Crippen LogP contribution in [0.4, 0.5) is 0 Å². The van der Waals surface area contributed by atoms with Gasteiger partial charge in [0.05, 0.1) is 5.71 Å². The molecule has 0 aliphatic heterocycles. The average molecular weight is 357 g/mol. The molecule has 0 atom stereocenters. The van der Waals surface area contributed by atoms with Crippen molar-refractivity contribution in [3.8, 4) is 5.75 Å². The summed E-state index contributed by atoms with van der Waals surface area (Å²) in [5.41, 5.74) is 6.86. The van der Waals surface area contributed by atoms with E-state index in [1.54, 1.807) is 12.1 Å². The van der Waals surface area contributed by atoms with Crippen molar-refractivity contribution >= 4 is 23.2 Å². The molecule has 0 fully saturated rings. The lowest BCUT2D eigenvalue weighted by Crippen LogP contribution is -2.25. The molecular formula is C20H21ClN2O2. The van der Waals surface area contributed by atoms with E-state index in [1.807, 2.05) is 31.2 Å². The Labute approximate surface area is 152 Å². The summed E-state index contributed by atoms with van der Waals surface area (Å²) in [6.45, 7) is 1.77. The van der Waals surface area contributed by atoms with Gasteiger partial charge in [0.2, 0.25) is 0 Å². The first-order valence-corrected chi connectivity index (χ1v) is 8.83. The number of nitrogens with one attached hydrogen (secondary N) is 1. The number of nitrogens with zero attached hydrogens (tertiary/aromatic N) is 1. The van der Waals surface area contributed by atoms with Gasteiger partial charge in [-0.15, -0.1) is 0 Å². The zero-order valence-corrected chi connectivity index (χ0v) is 15.0. The number of carbonyl (C=O) groups excluding carboxylic acids is 1. The number of rotatable bonds is 5. The fourth-order valence-electron chi connectivity index (χ4n) is 2.88. The zero-order valence-electron chi connectivity index (χ0n) is 14.2. The molecule has 2 aromatic rings. The second-order valence-corrected chi connectivity index (χ2v) is 6.60. The molecule has 25 heavy (non-hydrogen) atoms. The first-order chi connectivity index (χ1) is 12.1. The number of benzene rings is 2. The Bertz CT molecular complexity index is 785. The van der Waals surface area contributed by atoms with Crippen LogP contribution in [-0.4, -0.2) is 18.2 Å². The van der Waals surface area contributed by atoms with Crippen LogP contribution in [0.3, 0.4) is 0 Å². The van der Waals surface area contributed by atoms with E-state index in [0.29, 0.717) is 10.7 Å². The molecule has 1 aliphatic rings. The number of aryl methyl sites for hydroxylation is 2. The quantitative estimate of drug-likeness (QED) is 0.646. The topological polar surface area (TPSA) is 50.7 Å². The number of hydrogen-bond donors (Lipinski definition) is 1. The molecule has 0 saturated carbocycles. The average Bonchev–Trinajstić information content (AvgIpc) is 2.65. The summed E-state index contributed by atoms with van der Waals surface area (Å²) in [6, 6.07) is 13.4. The fraction of sp³-hybridized carbons (Fsp3) is 0.300. The van der Waals surface area contributed by atoms with Gasteiger partial charge in [-0.3, -0.25) is 4.79 Å². The molecule has 3 rings (SSSR count). The number of hydrogen-bond acceptors (Lipinski definition) is 3. The van der Waals surface area contributed by atoms with Gasteiger partial charge in [0.25, 0.3) is 5.91 Å². The normalized spacial score (nSPS) is 13.9. The standard InChI is InChI=1S/C20H21ClN2O2/c1-14(15-6-9-18(21)10-7-15)22-23-20(24)13-25-19-11-8-16-4-2-3-5-17(16)12-19/h6-12H,2-5,13H2,1H3,(H,23,24)/b22-14+. The van der Waals surface area contributed by atoms with Crippen molar-refractivity contribution in [3.63, 3.8) is 0 Å². The van der Waals surface area contributed by atoms with E-state index in [4.69, 9.17) is 16.3 Å². The maximum Gasteiger partial charge on any atom is 0.277 e. The molecule has 0 radical (unpaired) electrons. The molecule has 4 nitrogen and oxygen atoms in total. The largest absolute Gasteiger partial charge is 0.484 e. The molecule has 0 unspecified atom stereocenters. The molecule has 5 heteroatoms. The highest BCUT2D eigenvalue weighted by molar-refractivity contribution is 6.30. The Hall–Kier alpha value is -2.33. The van der Waals surface area contributed by atoms with E-state index in [-0.39, 0.29) is 12.5 Å². The van der Waals surface area contributed by atoms with E-state index in [2.05, 4.69) is 16.6 Å². The van der Waals surface area contributed by atoms with Gasteiger partial charge in [-0.2, -0.15) is 5.10 Å². The third kappa shape index (κ3) is 4.83. The number of amides is 1. The van der Waals surface area contributed by atoms with Crippen LogP contribution in [0.5, 0.6) is 5.75 Å². The van der Waals surface area contributed by atoms with E-state index < -0.39 is 0 Å². The van der Waals surface area contributed by atoms with Gasteiger partial charge in [-0.25, -0.2) is 5.43 Å². The van der Waals surface area contributed by atoms with Crippen LogP contribution in [-0.2, 0) is 17.6 Å². The Morgan fingerprint density at radius 2 is 1.84 bits per heavy atom. The first kappa shape index (κ1) is 17.5. The third-order valence-electron chi connectivity index (χ3n) is 4.30. The predicted octanol–water partition coefficient (Wildman–Crippen LogP) is 4.14. The molecule has 130 valence electrons. The van der Waals surface area contributed by atoms with Gasteiger partial charge < -0.3 is 4.74 Å². The Morgan fingerprint density at radius 1 is 1.12 bits per heavy atom. The number of carbonyl (C=O) groups is 1. The van der Waals surface area contributed by atoms with Gasteiger partial charge >= 0.3 is 0 Å². The molecule has 0 saturated heterocycles. The van der Waals surface area contributed by atoms with Crippen molar-refractivity contribution in [1.29, 1.82) is 0 Å². The van der Waals surface area contributed by atoms with Gasteiger partial charge in [0, 0.05) is 5.02 Å². The smallest absolute Gasteiger partial charge is 0.277 e. The van der Waals surface area contributed by atoms with Crippen molar-refractivity contribution in [2.24, 2.45) is 5.10 Å². The lowest BCUT2D eigenvalue weighted by atomic mass is 9.92. The van der Waals surface area contributed by atoms with Crippen LogP contribution < -0.4 is 10.2 Å². The summed E-state index contributed by atoms with van der Waals surface area (Å²) in [5, 5.41) is 4.77. The van der Waals surface area contributed by atoms with Gasteiger partial charge in [0.15, 0.2) is 6.61 Å². The number of halogens is 1. The Balaban J connectivity index is 1.52. The fourth-order valence-corrected chi connectivity index (χ4v) is 3.01. The molecule has 1 amide bonds. The minimum Gasteiger partial charge on any atom is -0.484 e. The van der Waals surface area contributed by atoms with Crippen molar-refractivity contribution < 1.29 is 9.53 Å². The first-order valence-electron chi connectivity index (χ1n) is 8.45. The molecule has 2 aromatic carbocycles. The van der Waals surface area contributed by atoms with E-state index in [1.165, 1.54) is 24.0 Å². The summed E-state index contributed by atoms with van der Waals surface area (Å²) >= 11 is 5.86. The second kappa shape index (κ2) is 8.17. The summed E-state index contributed by atoms with van der Waals surface area (Å²) < 4.78 is 5.59. The SMILES string of the molecule is C/C(=N\NC(=O)COc1ccc2c(c1)CCCC2)c1ccc(Cl)cc1. The van der Waals surface area contributed by atoms with Gasteiger partial charge in [-0.1, -0.05) is 29.8 Å². The molecule has 0 spiro atoms. The van der Waals surface area contributed by atoms with E-state index >= 15 is 0 Å². The number of hydrazone groups is 1. The maximum atomic E-state index is 11.9. The molecule has 0 bridgehead atoms. The minimum atomic E-state index is -0.286. The summed E-state index contributed by atoms with van der Waals surface area (Å²) in [7, 11) is 0. The highest BCUT2D eigenvalue weighted by Gasteiger charge is 2.10. The van der Waals surface area contributed by atoms with Crippen LogP contribution in [0, 0.1) is 0 Å². The Morgan fingerprint density at radius 3 is 2.60 bits per heavy atom. The van der Waals surface area contributed by atoms with Crippen LogP contribution in [0.15, 0.2) is 47.6 Å². The molecule has 0 aromatic heterocycles. The zero-order chi connectivity index (χ0) is 17.6. The highest BCUT2D eigenvalue weighted by atomic mass is 35.5. The molecule has 1 aliphatic carbocycles. The number of ether oxygens (including phenoxy) is 1. The van der Waals surface area contributed by atoms with Crippen LogP contribution in [0.2, 0.25) is 5.02 Å². The summed E-state index contributed by atoms with van der Waals surface area (Å²) in [6.07, 6.45) is 4.69. The van der Waals surface area contributed by atoms with Crippen LogP contribution >= 0.6 is 11.6 Å².